The number of hydrogen-bond acceptors (Lipinski definition) is 7. The fraction of sp³-hybridized carbons (Fsp3) is 0.578. The number of carbonyl (C=O) groups is 1. The average molecular weight is 740 g/mol. The average Bonchev–Trinajstić information content (AvgIpc) is 3.14. The van der Waals surface area contributed by atoms with E-state index >= 15 is 0 Å². The standard InChI is InChI=1S/C45H65N5O2S/c1-35-30-47(22-21-46(35)31-37-15-10-8-11-16-37)36(2)53-34-39-18-14-17-38(27-39)28-41-32-49(25-26-52-41)45(6,7)29-42(40-19-12-9-13-20-40)50-24-23-48(33-43(50)51)44(3,4)5/h8-20,27,35-36,41-42H,21-26,28-34H2,1-7H3. The lowest BCUT2D eigenvalue weighted by molar-refractivity contribution is -0.143. The number of benzene rings is 3. The highest BCUT2D eigenvalue weighted by Crippen LogP contribution is 2.36. The molecule has 53 heavy (non-hydrogen) atoms. The molecule has 4 atom stereocenters. The van der Waals surface area contributed by atoms with E-state index in [1.54, 1.807) is 0 Å². The molecule has 0 saturated carbocycles. The molecule has 288 valence electrons. The van der Waals surface area contributed by atoms with Crippen LogP contribution in [-0.4, -0.2) is 118 Å². The molecule has 0 bridgehead atoms. The first-order valence-corrected chi connectivity index (χ1v) is 21.1. The van der Waals surface area contributed by atoms with Crippen molar-refractivity contribution in [2.75, 3.05) is 59.0 Å². The lowest BCUT2D eigenvalue weighted by Gasteiger charge is -2.49. The van der Waals surface area contributed by atoms with Crippen molar-refractivity contribution in [3.05, 3.63) is 107 Å². The van der Waals surface area contributed by atoms with Gasteiger partial charge in [0.1, 0.15) is 0 Å². The molecular formula is C45H65N5O2S. The van der Waals surface area contributed by atoms with E-state index in [2.05, 4.69) is 170 Å². The number of hydrogen-bond donors (Lipinski definition) is 0. The van der Waals surface area contributed by atoms with Crippen LogP contribution < -0.4 is 0 Å². The zero-order chi connectivity index (χ0) is 37.6. The highest BCUT2D eigenvalue weighted by atomic mass is 32.2. The molecule has 1 amide bonds. The van der Waals surface area contributed by atoms with Crippen LogP contribution in [0.3, 0.4) is 0 Å². The minimum atomic E-state index is -0.108. The van der Waals surface area contributed by atoms with Crippen molar-refractivity contribution in [2.24, 2.45) is 0 Å². The van der Waals surface area contributed by atoms with E-state index < -0.39 is 0 Å². The van der Waals surface area contributed by atoms with Crippen molar-refractivity contribution >= 4 is 17.7 Å². The molecule has 4 unspecified atom stereocenters. The molecule has 3 aromatic carbocycles. The van der Waals surface area contributed by atoms with Gasteiger partial charge in [-0.2, -0.15) is 0 Å². The number of thioether (sulfide) groups is 1. The Morgan fingerprint density at radius 2 is 1.49 bits per heavy atom. The molecular weight excluding hydrogens is 675 g/mol. The van der Waals surface area contributed by atoms with Crippen LogP contribution in [0.1, 0.15) is 83.2 Å². The Labute approximate surface area is 325 Å². The second-order valence-corrected chi connectivity index (χ2v) is 18.6. The fourth-order valence-corrected chi connectivity index (χ4v) is 9.52. The van der Waals surface area contributed by atoms with E-state index in [9.17, 15) is 4.79 Å². The van der Waals surface area contributed by atoms with E-state index in [-0.39, 0.29) is 29.1 Å². The predicted molar refractivity (Wildman–Crippen MR) is 221 cm³/mol. The molecule has 0 N–H and O–H groups in total. The lowest BCUT2D eigenvalue weighted by atomic mass is 9.87. The number of carbonyl (C=O) groups excluding carboxylic acids is 1. The molecule has 3 aliphatic heterocycles. The van der Waals surface area contributed by atoms with E-state index in [1.165, 1.54) is 22.3 Å². The molecule has 3 aromatic rings. The third-order valence-corrected chi connectivity index (χ3v) is 13.2. The maximum Gasteiger partial charge on any atom is 0.237 e. The largest absolute Gasteiger partial charge is 0.375 e. The fourth-order valence-electron chi connectivity index (χ4n) is 8.50. The van der Waals surface area contributed by atoms with Crippen molar-refractivity contribution in [3.63, 3.8) is 0 Å². The molecule has 3 aliphatic rings. The summed E-state index contributed by atoms with van der Waals surface area (Å²) in [7, 11) is 0. The van der Waals surface area contributed by atoms with Crippen LogP contribution in [0.4, 0.5) is 0 Å². The van der Waals surface area contributed by atoms with E-state index in [0.717, 1.165) is 77.6 Å². The summed E-state index contributed by atoms with van der Waals surface area (Å²) in [6.45, 7) is 25.2. The quantitative estimate of drug-likeness (QED) is 0.179. The maximum absolute atomic E-state index is 13.7. The Bertz CT molecular complexity index is 1600. The first-order valence-electron chi connectivity index (χ1n) is 20.0. The summed E-state index contributed by atoms with van der Waals surface area (Å²) < 4.78 is 6.42. The van der Waals surface area contributed by atoms with Crippen LogP contribution in [0.25, 0.3) is 0 Å². The van der Waals surface area contributed by atoms with Crippen molar-refractivity contribution in [3.8, 4) is 0 Å². The van der Waals surface area contributed by atoms with Gasteiger partial charge in [0, 0.05) is 75.2 Å². The van der Waals surface area contributed by atoms with Crippen molar-refractivity contribution in [1.82, 2.24) is 24.5 Å². The third-order valence-electron chi connectivity index (χ3n) is 11.9. The van der Waals surface area contributed by atoms with Crippen molar-refractivity contribution in [2.45, 2.75) is 108 Å². The molecule has 0 spiro atoms. The summed E-state index contributed by atoms with van der Waals surface area (Å²) >= 11 is 2.06. The normalized spacial score (nSPS) is 22.9. The lowest BCUT2D eigenvalue weighted by Crippen LogP contribution is -2.58. The highest BCUT2D eigenvalue weighted by molar-refractivity contribution is 7.99. The Morgan fingerprint density at radius 1 is 0.792 bits per heavy atom. The molecule has 7 nitrogen and oxygen atoms in total. The Morgan fingerprint density at radius 3 is 2.19 bits per heavy atom. The zero-order valence-corrected chi connectivity index (χ0v) is 34.4. The summed E-state index contributed by atoms with van der Waals surface area (Å²) in [4.78, 5) is 26.1. The van der Waals surface area contributed by atoms with Gasteiger partial charge in [0.05, 0.1) is 30.7 Å². The molecule has 0 aliphatic carbocycles. The van der Waals surface area contributed by atoms with Crippen LogP contribution in [0, 0.1) is 0 Å². The minimum Gasteiger partial charge on any atom is -0.375 e. The summed E-state index contributed by atoms with van der Waals surface area (Å²) in [5.74, 6) is 1.25. The third kappa shape index (κ3) is 10.7. The van der Waals surface area contributed by atoms with Gasteiger partial charge in [0.2, 0.25) is 5.91 Å². The maximum atomic E-state index is 13.7. The number of rotatable bonds is 13. The van der Waals surface area contributed by atoms with Crippen LogP contribution in [-0.2, 0) is 28.2 Å². The number of morpholine rings is 1. The van der Waals surface area contributed by atoms with Gasteiger partial charge in [-0.15, -0.1) is 11.8 Å². The monoisotopic (exact) mass is 739 g/mol. The van der Waals surface area contributed by atoms with Gasteiger partial charge in [-0.25, -0.2) is 0 Å². The van der Waals surface area contributed by atoms with Gasteiger partial charge in [-0.05, 0) is 83.6 Å². The summed E-state index contributed by atoms with van der Waals surface area (Å²) in [5.41, 5.74) is 5.26. The van der Waals surface area contributed by atoms with E-state index in [1.807, 2.05) is 0 Å². The van der Waals surface area contributed by atoms with Crippen LogP contribution in [0.2, 0.25) is 0 Å². The Hall–Kier alpha value is -2.72. The predicted octanol–water partition coefficient (Wildman–Crippen LogP) is 7.57. The minimum absolute atomic E-state index is 0.0131. The second-order valence-electron chi connectivity index (χ2n) is 17.3. The molecule has 3 fully saturated rings. The molecule has 0 aromatic heterocycles. The zero-order valence-electron chi connectivity index (χ0n) is 33.5. The molecule has 0 radical (unpaired) electrons. The van der Waals surface area contributed by atoms with Gasteiger partial charge in [-0.1, -0.05) is 84.9 Å². The number of amides is 1. The summed E-state index contributed by atoms with van der Waals surface area (Å²) in [6.07, 6.45) is 1.94. The number of ether oxygens (including phenoxy) is 1. The van der Waals surface area contributed by atoms with Crippen LogP contribution in [0.15, 0.2) is 84.9 Å². The van der Waals surface area contributed by atoms with E-state index in [0.29, 0.717) is 18.0 Å². The summed E-state index contributed by atoms with van der Waals surface area (Å²) in [6, 6.07) is 31.3. The number of nitrogens with zero attached hydrogens (tertiary/aromatic N) is 5. The molecule has 3 saturated heterocycles. The SMILES string of the molecule is CC1CN(C(C)SCc2cccc(CC3CN(C(C)(C)CC(c4ccccc4)N4CCN(C(C)(C)C)CC4=O)CCO3)c2)CCN1Cc1ccccc1. The molecule has 8 heteroatoms. The molecule has 6 rings (SSSR count). The number of piperazine rings is 2. The smallest absolute Gasteiger partial charge is 0.237 e. The van der Waals surface area contributed by atoms with Crippen LogP contribution >= 0.6 is 11.8 Å². The second kappa shape index (κ2) is 17.8. The highest BCUT2D eigenvalue weighted by Gasteiger charge is 2.40. The Kier molecular flexibility index (Phi) is 13.4. The van der Waals surface area contributed by atoms with Gasteiger partial charge >= 0.3 is 0 Å². The Balaban J connectivity index is 1.02. The van der Waals surface area contributed by atoms with Gasteiger partial charge in [0.25, 0.3) is 0 Å². The molecule has 3 heterocycles. The van der Waals surface area contributed by atoms with E-state index in [4.69, 9.17) is 4.74 Å². The first kappa shape index (κ1) is 40.0. The van der Waals surface area contributed by atoms with Gasteiger partial charge in [0.15, 0.2) is 0 Å². The van der Waals surface area contributed by atoms with Crippen LogP contribution in [0.5, 0.6) is 0 Å². The van der Waals surface area contributed by atoms with Crippen molar-refractivity contribution in [1.29, 1.82) is 0 Å². The van der Waals surface area contributed by atoms with Gasteiger partial charge < -0.3 is 9.64 Å². The topological polar surface area (TPSA) is 42.5 Å². The first-order chi connectivity index (χ1) is 25.4. The van der Waals surface area contributed by atoms with Gasteiger partial charge in [-0.3, -0.25) is 24.4 Å². The summed E-state index contributed by atoms with van der Waals surface area (Å²) in [5, 5.41) is 0.481. The van der Waals surface area contributed by atoms with Crippen molar-refractivity contribution < 1.29 is 9.53 Å².